The molecule has 17 heavy (non-hydrogen) atoms. The van der Waals surface area contributed by atoms with Gasteiger partial charge in [-0.2, -0.15) is 0 Å². The van der Waals surface area contributed by atoms with Gasteiger partial charge >= 0.3 is 0 Å². The maximum absolute atomic E-state index is 5.69. The summed E-state index contributed by atoms with van der Waals surface area (Å²) in [6, 6.07) is 3.98. The number of hydrogen-bond donors (Lipinski definition) is 1. The number of ether oxygens (including phenoxy) is 2. The fraction of sp³-hybridized carbons (Fsp3) is 0.583. The zero-order chi connectivity index (χ0) is 12.3. The zero-order valence-corrected chi connectivity index (χ0v) is 11.7. The number of halogens is 1. The average molecular weight is 301 g/mol. The maximum Gasteiger partial charge on any atom is 0.163 e. The van der Waals surface area contributed by atoms with E-state index in [1.807, 2.05) is 26.0 Å². The molecule has 0 radical (unpaired) electrons. The van der Waals surface area contributed by atoms with Gasteiger partial charge in [0.05, 0.1) is 18.4 Å². The van der Waals surface area contributed by atoms with Crippen LogP contribution < -0.4 is 5.32 Å². The van der Waals surface area contributed by atoms with Crippen LogP contribution in [0.3, 0.4) is 0 Å². The summed E-state index contributed by atoms with van der Waals surface area (Å²) in [7, 11) is 0. The Morgan fingerprint density at radius 1 is 1.53 bits per heavy atom. The van der Waals surface area contributed by atoms with E-state index in [0.717, 1.165) is 23.3 Å². The van der Waals surface area contributed by atoms with Gasteiger partial charge in [-0.25, -0.2) is 0 Å². The molecule has 1 aliphatic heterocycles. The van der Waals surface area contributed by atoms with E-state index in [4.69, 9.17) is 9.47 Å². The molecule has 1 aromatic heterocycles. The normalized spacial score (nSPS) is 22.9. The molecule has 5 heteroatoms. The molecule has 1 aromatic rings. The van der Waals surface area contributed by atoms with E-state index >= 15 is 0 Å². The number of nitrogens with one attached hydrogen (secondary N) is 1. The second-order valence-electron chi connectivity index (χ2n) is 4.55. The first kappa shape index (κ1) is 13.0. The molecule has 0 saturated carbocycles. The molecule has 1 atom stereocenters. The largest absolute Gasteiger partial charge is 0.348 e. The third-order valence-corrected chi connectivity index (χ3v) is 3.00. The Balaban J connectivity index is 1.71. The molecular formula is C12H17BrN2O2. The SMILES string of the molecule is CC1(C)OCC(CNCc2ccc(Br)cn2)O1. The van der Waals surface area contributed by atoms with Crippen LogP contribution in [-0.2, 0) is 16.0 Å². The Hall–Kier alpha value is -0.490. The highest BCUT2D eigenvalue weighted by Crippen LogP contribution is 2.21. The van der Waals surface area contributed by atoms with Crippen LogP contribution in [-0.4, -0.2) is 30.0 Å². The maximum atomic E-state index is 5.69. The second-order valence-corrected chi connectivity index (χ2v) is 5.47. The molecule has 0 aromatic carbocycles. The Kier molecular flexibility index (Phi) is 4.14. The number of aromatic nitrogens is 1. The molecule has 0 amide bonds. The van der Waals surface area contributed by atoms with Crippen LogP contribution >= 0.6 is 15.9 Å². The van der Waals surface area contributed by atoms with Crippen molar-refractivity contribution in [3.8, 4) is 0 Å². The van der Waals surface area contributed by atoms with Gasteiger partial charge in [-0.1, -0.05) is 0 Å². The summed E-state index contributed by atoms with van der Waals surface area (Å²) in [4.78, 5) is 4.29. The lowest BCUT2D eigenvalue weighted by Crippen LogP contribution is -2.30. The summed E-state index contributed by atoms with van der Waals surface area (Å²) in [5.74, 6) is -0.442. The first-order valence-electron chi connectivity index (χ1n) is 5.68. The van der Waals surface area contributed by atoms with Crippen molar-refractivity contribution < 1.29 is 9.47 Å². The highest BCUT2D eigenvalue weighted by molar-refractivity contribution is 9.10. The van der Waals surface area contributed by atoms with Crippen molar-refractivity contribution in [1.29, 1.82) is 0 Å². The molecule has 94 valence electrons. The summed E-state index contributed by atoms with van der Waals surface area (Å²) in [6.07, 6.45) is 1.93. The summed E-state index contributed by atoms with van der Waals surface area (Å²) >= 11 is 3.36. The Bertz CT molecular complexity index is 367. The van der Waals surface area contributed by atoms with Gasteiger partial charge < -0.3 is 14.8 Å². The van der Waals surface area contributed by atoms with E-state index < -0.39 is 5.79 Å². The van der Waals surface area contributed by atoms with E-state index in [0.29, 0.717) is 6.61 Å². The minimum Gasteiger partial charge on any atom is -0.348 e. The molecule has 2 rings (SSSR count). The van der Waals surface area contributed by atoms with Crippen molar-refractivity contribution in [2.24, 2.45) is 0 Å². The van der Waals surface area contributed by atoms with E-state index in [9.17, 15) is 0 Å². The van der Waals surface area contributed by atoms with Crippen molar-refractivity contribution in [2.75, 3.05) is 13.2 Å². The van der Waals surface area contributed by atoms with Crippen LogP contribution in [0, 0.1) is 0 Å². The lowest BCUT2D eigenvalue weighted by Gasteiger charge is -2.17. The minimum absolute atomic E-state index is 0.125. The lowest BCUT2D eigenvalue weighted by atomic mass is 10.3. The summed E-state index contributed by atoms with van der Waals surface area (Å²) in [6.45, 7) is 6.04. The Morgan fingerprint density at radius 3 is 2.94 bits per heavy atom. The molecular weight excluding hydrogens is 284 g/mol. The van der Waals surface area contributed by atoms with E-state index in [1.54, 1.807) is 6.20 Å². The van der Waals surface area contributed by atoms with Crippen LogP contribution in [0.4, 0.5) is 0 Å². The van der Waals surface area contributed by atoms with Gasteiger partial charge in [0.15, 0.2) is 5.79 Å². The second kappa shape index (κ2) is 5.44. The zero-order valence-electron chi connectivity index (χ0n) is 10.1. The first-order chi connectivity index (χ1) is 8.05. The molecule has 0 bridgehead atoms. The third-order valence-electron chi connectivity index (χ3n) is 2.53. The van der Waals surface area contributed by atoms with Gasteiger partial charge in [0, 0.05) is 23.8 Å². The van der Waals surface area contributed by atoms with Crippen LogP contribution in [0.1, 0.15) is 19.5 Å². The predicted molar refractivity (Wildman–Crippen MR) is 68.5 cm³/mol. The Morgan fingerprint density at radius 2 is 2.35 bits per heavy atom. The van der Waals surface area contributed by atoms with Crippen molar-refractivity contribution in [2.45, 2.75) is 32.3 Å². The molecule has 0 aliphatic carbocycles. The molecule has 1 aliphatic rings. The molecule has 2 heterocycles. The number of nitrogens with zero attached hydrogens (tertiary/aromatic N) is 1. The van der Waals surface area contributed by atoms with Crippen LogP contribution in [0.2, 0.25) is 0 Å². The number of rotatable bonds is 4. The van der Waals surface area contributed by atoms with Gasteiger partial charge in [0.1, 0.15) is 0 Å². The highest BCUT2D eigenvalue weighted by atomic mass is 79.9. The quantitative estimate of drug-likeness (QED) is 0.925. The molecule has 4 nitrogen and oxygen atoms in total. The fourth-order valence-electron chi connectivity index (χ4n) is 1.74. The fourth-order valence-corrected chi connectivity index (χ4v) is 1.97. The topological polar surface area (TPSA) is 43.4 Å². The lowest BCUT2D eigenvalue weighted by molar-refractivity contribution is -0.137. The van der Waals surface area contributed by atoms with Gasteiger partial charge in [-0.3, -0.25) is 4.98 Å². The standard InChI is InChI=1S/C12H17BrN2O2/c1-12(2)16-8-11(17-12)7-14-6-10-4-3-9(13)5-15-10/h3-5,11,14H,6-8H2,1-2H3. The molecule has 1 N–H and O–H groups in total. The summed E-state index contributed by atoms with van der Waals surface area (Å²) < 4.78 is 12.2. The molecule has 1 unspecified atom stereocenters. The minimum atomic E-state index is -0.442. The van der Waals surface area contributed by atoms with Crippen LogP contribution in [0.5, 0.6) is 0 Å². The Labute approximate surface area is 110 Å². The smallest absolute Gasteiger partial charge is 0.163 e. The number of pyridine rings is 1. The van der Waals surface area contributed by atoms with Gasteiger partial charge in [-0.15, -0.1) is 0 Å². The van der Waals surface area contributed by atoms with Crippen molar-refractivity contribution in [1.82, 2.24) is 10.3 Å². The third kappa shape index (κ3) is 4.03. The van der Waals surface area contributed by atoms with E-state index in [-0.39, 0.29) is 6.10 Å². The van der Waals surface area contributed by atoms with Crippen molar-refractivity contribution in [3.05, 3.63) is 28.5 Å². The van der Waals surface area contributed by atoms with E-state index in [2.05, 4.69) is 26.2 Å². The summed E-state index contributed by atoms with van der Waals surface area (Å²) in [5.41, 5.74) is 1.02. The summed E-state index contributed by atoms with van der Waals surface area (Å²) in [5, 5.41) is 3.32. The average Bonchev–Trinajstić information content (AvgIpc) is 2.61. The van der Waals surface area contributed by atoms with Crippen molar-refractivity contribution in [3.63, 3.8) is 0 Å². The van der Waals surface area contributed by atoms with Gasteiger partial charge in [0.25, 0.3) is 0 Å². The monoisotopic (exact) mass is 300 g/mol. The molecule has 1 saturated heterocycles. The first-order valence-corrected chi connectivity index (χ1v) is 6.47. The van der Waals surface area contributed by atoms with Gasteiger partial charge in [-0.05, 0) is 41.9 Å². The molecule has 1 fully saturated rings. The van der Waals surface area contributed by atoms with Crippen LogP contribution in [0.15, 0.2) is 22.8 Å². The van der Waals surface area contributed by atoms with Crippen molar-refractivity contribution >= 4 is 15.9 Å². The number of hydrogen-bond acceptors (Lipinski definition) is 4. The van der Waals surface area contributed by atoms with E-state index in [1.165, 1.54) is 0 Å². The molecule has 0 spiro atoms. The van der Waals surface area contributed by atoms with Gasteiger partial charge in [0.2, 0.25) is 0 Å². The highest BCUT2D eigenvalue weighted by Gasteiger charge is 2.32. The van der Waals surface area contributed by atoms with Crippen LogP contribution in [0.25, 0.3) is 0 Å². The predicted octanol–water partition coefficient (Wildman–Crippen LogP) is 2.09.